The zero-order valence-electron chi connectivity index (χ0n) is 14.3. The van der Waals surface area contributed by atoms with Gasteiger partial charge in [0.25, 0.3) is 5.91 Å². The van der Waals surface area contributed by atoms with E-state index in [2.05, 4.69) is 10.4 Å². The number of hydrogen-bond acceptors (Lipinski definition) is 4. The molecule has 132 valence electrons. The van der Waals surface area contributed by atoms with Crippen molar-refractivity contribution < 1.29 is 9.59 Å². The fourth-order valence-corrected chi connectivity index (χ4v) is 3.17. The lowest BCUT2D eigenvalue weighted by molar-refractivity contribution is -0.125. The average Bonchev–Trinajstić information content (AvgIpc) is 3.16. The summed E-state index contributed by atoms with van der Waals surface area (Å²) in [6.07, 6.45) is 4.92. The van der Waals surface area contributed by atoms with Crippen molar-refractivity contribution in [2.75, 3.05) is 20.1 Å². The zero-order chi connectivity index (χ0) is 17.8. The lowest BCUT2D eigenvalue weighted by Gasteiger charge is -2.31. The third-order valence-corrected chi connectivity index (χ3v) is 4.65. The average molecular weight is 341 g/mol. The first-order valence-electron chi connectivity index (χ1n) is 8.48. The second-order valence-electron chi connectivity index (χ2n) is 6.20. The molecule has 0 spiro atoms. The molecule has 2 amide bonds. The van der Waals surface area contributed by atoms with Gasteiger partial charge in [0, 0.05) is 44.4 Å². The molecule has 0 bridgehead atoms. The van der Waals surface area contributed by atoms with Crippen molar-refractivity contribution >= 4 is 11.8 Å². The number of carbonyl (C=O) groups excluding carboxylic acids is 2. The van der Waals surface area contributed by atoms with Gasteiger partial charge in [-0.25, -0.2) is 4.68 Å². The van der Waals surface area contributed by atoms with Crippen molar-refractivity contribution in [3.05, 3.63) is 47.8 Å². The quantitative estimate of drug-likeness (QED) is 0.865. The number of nitrogens with two attached hydrogens (primary N) is 1. The number of nitrogens with one attached hydrogen (secondary N) is 1. The number of carbonyl (C=O) groups is 2. The summed E-state index contributed by atoms with van der Waals surface area (Å²) in [5.74, 6) is 0.0108. The van der Waals surface area contributed by atoms with Gasteiger partial charge in [0.2, 0.25) is 5.91 Å². The Bertz CT molecular complexity index is 762. The Morgan fingerprint density at radius 3 is 2.64 bits per heavy atom. The number of amides is 2. The summed E-state index contributed by atoms with van der Waals surface area (Å²) in [6, 6.07) is 7.42. The number of aromatic nitrogens is 2. The monoisotopic (exact) mass is 341 g/mol. The van der Waals surface area contributed by atoms with Crippen LogP contribution >= 0.6 is 0 Å². The first-order chi connectivity index (χ1) is 12.1. The fraction of sp³-hybridized carbons (Fsp3) is 0.389. The lowest BCUT2D eigenvalue weighted by atomic mass is 9.95. The topological polar surface area (TPSA) is 93.2 Å². The molecule has 1 aliphatic rings. The minimum Gasteiger partial charge on any atom is -0.359 e. The van der Waals surface area contributed by atoms with Gasteiger partial charge in [-0.05, 0) is 25.0 Å². The minimum absolute atomic E-state index is 0.0116. The fourth-order valence-electron chi connectivity index (χ4n) is 3.17. The van der Waals surface area contributed by atoms with Crippen molar-refractivity contribution in [2.45, 2.75) is 19.4 Å². The summed E-state index contributed by atoms with van der Waals surface area (Å²) in [5.41, 5.74) is 7.90. The van der Waals surface area contributed by atoms with Crippen LogP contribution in [0.15, 0.2) is 36.7 Å². The van der Waals surface area contributed by atoms with Gasteiger partial charge in [0.1, 0.15) is 0 Å². The SMILES string of the molecule is CNC(=O)C1CCN(C(=O)c2ccccc2-n2cc(CN)cn2)CC1. The van der Waals surface area contributed by atoms with Gasteiger partial charge in [0.05, 0.1) is 17.4 Å². The van der Waals surface area contributed by atoms with E-state index in [1.54, 1.807) is 17.9 Å². The molecule has 1 saturated heterocycles. The summed E-state index contributed by atoms with van der Waals surface area (Å²) >= 11 is 0. The lowest BCUT2D eigenvalue weighted by Crippen LogP contribution is -2.42. The third-order valence-electron chi connectivity index (χ3n) is 4.65. The molecule has 1 aromatic carbocycles. The van der Waals surface area contributed by atoms with Gasteiger partial charge in [-0.1, -0.05) is 12.1 Å². The molecule has 0 unspecified atom stereocenters. The second kappa shape index (κ2) is 7.48. The van der Waals surface area contributed by atoms with Gasteiger partial charge >= 0.3 is 0 Å². The molecule has 7 heteroatoms. The van der Waals surface area contributed by atoms with E-state index in [1.807, 2.05) is 35.4 Å². The number of piperidine rings is 1. The van der Waals surface area contributed by atoms with Crippen LogP contribution in [0.5, 0.6) is 0 Å². The van der Waals surface area contributed by atoms with Crippen LogP contribution in [0, 0.1) is 5.92 Å². The first kappa shape index (κ1) is 17.2. The molecular formula is C18H23N5O2. The van der Waals surface area contributed by atoms with Gasteiger partial charge in [-0.15, -0.1) is 0 Å². The first-order valence-corrected chi connectivity index (χ1v) is 8.48. The van der Waals surface area contributed by atoms with E-state index in [-0.39, 0.29) is 17.7 Å². The molecule has 1 aromatic heterocycles. The van der Waals surface area contributed by atoms with Crippen molar-refractivity contribution in [3.63, 3.8) is 0 Å². The van der Waals surface area contributed by atoms with Crippen LogP contribution in [0.4, 0.5) is 0 Å². The van der Waals surface area contributed by atoms with Gasteiger partial charge in [0.15, 0.2) is 0 Å². The van der Waals surface area contributed by atoms with Crippen molar-refractivity contribution in [1.82, 2.24) is 20.0 Å². The van der Waals surface area contributed by atoms with E-state index in [1.165, 1.54) is 0 Å². The maximum atomic E-state index is 13.0. The molecule has 3 N–H and O–H groups in total. The standard InChI is InChI=1S/C18H23N5O2/c1-20-17(24)14-6-8-22(9-7-14)18(25)15-4-2-3-5-16(15)23-12-13(10-19)11-21-23/h2-5,11-12,14H,6-10,19H2,1H3,(H,20,24). The molecule has 1 aliphatic heterocycles. The smallest absolute Gasteiger partial charge is 0.256 e. The van der Waals surface area contributed by atoms with Crippen LogP contribution in [0.3, 0.4) is 0 Å². The normalized spacial score (nSPS) is 15.2. The number of rotatable bonds is 4. The van der Waals surface area contributed by atoms with E-state index < -0.39 is 0 Å². The van der Waals surface area contributed by atoms with Crippen LogP contribution in [0.1, 0.15) is 28.8 Å². The van der Waals surface area contributed by atoms with E-state index in [9.17, 15) is 9.59 Å². The van der Waals surface area contributed by atoms with Crippen molar-refractivity contribution in [3.8, 4) is 5.69 Å². The molecule has 0 radical (unpaired) electrons. The number of hydrogen-bond donors (Lipinski definition) is 2. The summed E-state index contributed by atoms with van der Waals surface area (Å²) in [4.78, 5) is 26.5. The molecule has 3 rings (SSSR count). The number of likely N-dealkylation sites (tertiary alicyclic amines) is 1. The molecule has 2 aromatic rings. The van der Waals surface area contributed by atoms with Crippen molar-refractivity contribution in [2.24, 2.45) is 11.7 Å². The highest BCUT2D eigenvalue weighted by molar-refractivity contribution is 5.98. The Balaban J connectivity index is 1.78. The van der Waals surface area contributed by atoms with Crippen LogP contribution in [0.2, 0.25) is 0 Å². The van der Waals surface area contributed by atoms with Gasteiger partial charge in [-0.2, -0.15) is 5.10 Å². The predicted octanol–water partition coefficient (Wildman–Crippen LogP) is 0.929. The molecule has 25 heavy (non-hydrogen) atoms. The Labute approximate surface area is 146 Å². The Morgan fingerprint density at radius 2 is 2.00 bits per heavy atom. The number of nitrogens with zero attached hydrogens (tertiary/aromatic N) is 3. The molecule has 0 aliphatic carbocycles. The molecule has 2 heterocycles. The summed E-state index contributed by atoms with van der Waals surface area (Å²) < 4.78 is 1.69. The van der Waals surface area contributed by atoms with E-state index in [0.717, 1.165) is 11.3 Å². The molecule has 0 saturated carbocycles. The van der Waals surface area contributed by atoms with E-state index in [4.69, 9.17) is 5.73 Å². The maximum Gasteiger partial charge on any atom is 0.256 e. The number of benzene rings is 1. The van der Waals surface area contributed by atoms with E-state index in [0.29, 0.717) is 38.0 Å². The van der Waals surface area contributed by atoms with Crippen LogP contribution in [-0.2, 0) is 11.3 Å². The highest BCUT2D eigenvalue weighted by Crippen LogP contribution is 2.22. The van der Waals surface area contributed by atoms with Gasteiger partial charge < -0.3 is 16.0 Å². The van der Waals surface area contributed by atoms with Crippen LogP contribution in [0.25, 0.3) is 5.69 Å². The number of para-hydroxylation sites is 1. The van der Waals surface area contributed by atoms with Crippen LogP contribution < -0.4 is 11.1 Å². The third kappa shape index (κ3) is 3.56. The van der Waals surface area contributed by atoms with E-state index >= 15 is 0 Å². The molecule has 1 fully saturated rings. The molecular weight excluding hydrogens is 318 g/mol. The van der Waals surface area contributed by atoms with Crippen LogP contribution in [-0.4, -0.2) is 46.6 Å². The highest BCUT2D eigenvalue weighted by atomic mass is 16.2. The van der Waals surface area contributed by atoms with Gasteiger partial charge in [-0.3, -0.25) is 9.59 Å². The minimum atomic E-state index is -0.0317. The predicted molar refractivity (Wildman–Crippen MR) is 94.1 cm³/mol. The highest BCUT2D eigenvalue weighted by Gasteiger charge is 2.28. The Kier molecular flexibility index (Phi) is 5.14. The maximum absolute atomic E-state index is 13.0. The van der Waals surface area contributed by atoms with Crippen molar-refractivity contribution in [1.29, 1.82) is 0 Å². The molecule has 7 nitrogen and oxygen atoms in total. The second-order valence-corrected chi connectivity index (χ2v) is 6.20. The Morgan fingerprint density at radius 1 is 1.28 bits per heavy atom. The summed E-state index contributed by atoms with van der Waals surface area (Å²) in [6.45, 7) is 1.57. The molecule has 0 atom stereocenters. The Hall–Kier alpha value is -2.67. The summed E-state index contributed by atoms with van der Waals surface area (Å²) in [7, 11) is 1.65. The zero-order valence-corrected chi connectivity index (χ0v) is 14.3. The largest absolute Gasteiger partial charge is 0.359 e. The summed E-state index contributed by atoms with van der Waals surface area (Å²) in [5, 5.41) is 6.99.